The van der Waals surface area contributed by atoms with Crippen molar-refractivity contribution in [3.63, 3.8) is 0 Å². The fourth-order valence-corrected chi connectivity index (χ4v) is 1.19. The van der Waals surface area contributed by atoms with E-state index in [0.29, 0.717) is 0 Å². The molecule has 0 aliphatic carbocycles. The number of alkyl carbamates (subject to hydrolysis) is 1. The van der Waals surface area contributed by atoms with Gasteiger partial charge < -0.3 is 9.47 Å². The Balaban J connectivity index is 5.02. The summed E-state index contributed by atoms with van der Waals surface area (Å²) in [4.78, 5) is 29.0. The van der Waals surface area contributed by atoms with Crippen LogP contribution in [0, 0.1) is 0 Å². The van der Waals surface area contributed by atoms with Crippen LogP contribution in [0.3, 0.4) is 0 Å². The van der Waals surface area contributed by atoms with Crippen molar-refractivity contribution in [2.45, 2.75) is 52.7 Å². The molecule has 0 heterocycles. The Hall–Kier alpha value is -2.05. The molecule has 0 aliphatic heterocycles. The largest absolute Gasteiger partial charge is 0.444 e. The van der Waals surface area contributed by atoms with E-state index < -0.39 is 23.4 Å². The zero-order chi connectivity index (χ0) is 17.6. The molecule has 2 amide bonds. The molecular weight excluding hydrogens is 286 g/mol. The van der Waals surface area contributed by atoms with E-state index in [-0.39, 0.29) is 12.5 Å². The minimum Gasteiger partial charge on any atom is -0.444 e. The van der Waals surface area contributed by atoms with Crippen LogP contribution < -0.4 is 5.32 Å². The molecule has 0 saturated carbocycles. The molecule has 126 valence electrons. The SMILES string of the molecule is C=CCN=C(NC(=O)OC(C)(C)C)N(C)C(=O)OC(C)(C)C. The average molecular weight is 313 g/mol. The first-order valence-corrected chi connectivity index (χ1v) is 6.98. The van der Waals surface area contributed by atoms with Crippen molar-refractivity contribution >= 4 is 18.1 Å². The highest BCUT2D eigenvalue weighted by atomic mass is 16.6. The number of hydrogen-bond acceptors (Lipinski definition) is 5. The third-order valence-electron chi connectivity index (χ3n) is 1.97. The molecule has 0 rings (SSSR count). The summed E-state index contributed by atoms with van der Waals surface area (Å²) in [6.45, 7) is 14.3. The predicted molar refractivity (Wildman–Crippen MR) is 85.9 cm³/mol. The number of aliphatic imine (C=N–C) groups is 1. The van der Waals surface area contributed by atoms with Crippen LogP contribution in [0.25, 0.3) is 0 Å². The van der Waals surface area contributed by atoms with E-state index >= 15 is 0 Å². The molecule has 0 spiro atoms. The highest BCUT2D eigenvalue weighted by molar-refractivity contribution is 6.01. The van der Waals surface area contributed by atoms with Crippen molar-refractivity contribution in [3.8, 4) is 0 Å². The number of carbonyl (C=O) groups is 2. The zero-order valence-electron chi connectivity index (χ0n) is 14.5. The molecule has 0 atom stereocenters. The van der Waals surface area contributed by atoms with Gasteiger partial charge in [-0.3, -0.25) is 10.2 Å². The lowest BCUT2D eigenvalue weighted by Gasteiger charge is -2.26. The summed E-state index contributed by atoms with van der Waals surface area (Å²) in [6, 6.07) is 0. The minimum atomic E-state index is -0.703. The van der Waals surface area contributed by atoms with Crippen molar-refractivity contribution < 1.29 is 19.1 Å². The molecular formula is C15H27N3O4. The second-order valence-electron chi connectivity index (χ2n) is 6.62. The van der Waals surface area contributed by atoms with Crippen molar-refractivity contribution in [1.82, 2.24) is 10.2 Å². The fraction of sp³-hybridized carbons (Fsp3) is 0.667. The molecule has 0 aromatic rings. The summed E-state index contributed by atoms with van der Waals surface area (Å²) in [7, 11) is 1.45. The molecule has 0 aliphatic rings. The van der Waals surface area contributed by atoms with Gasteiger partial charge in [-0.15, -0.1) is 6.58 Å². The summed E-state index contributed by atoms with van der Waals surface area (Å²) >= 11 is 0. The van der Waals surface area contributed by atoms with Crippen LogP contribution in [0.5, 0.6) is 0 Å². The second-order valence-corrected chi connectivity index (χ2v) is 6.62. The Morgan fingerprint density at radius 1 is 1.14 bits per heavy atom. The lowest BCUT2D eigenvalue weighted by atomic mass is 10.2. The van der Waals surface area contributed by atoms with Crippen LogP contribution in [-0.4, -0.2) is 47.8 Å². The molecule has 7 heteroatoms. The quantitative estimate of drug-likeness (QED) is 0.483. The Morgan fingerprint density at radius 2 is 1.64 bits per heavy atom. The number of guanidine groups is 1. The summed E-state index contributed by atoms with van der Waals surface area (Å²) < 4.78 is 10.4. The highest BCUT2D eigenvalue weighted by Crippen LogP contribution is 2.10. The Bertz CT molecular complexity index is 445. The summed E-state index contributed by atoms with van der Waals surface area (Å²) in [5, 5.41) is 2.44. The normalized spacial score (nSPS) is 12.4. The lowest BCUT2D eigenvalue weighted by Crippen LogP contribution is -2.48. The molecule has 0 fully saturated rings. The molecule has 1 N–H and O–H groups in total. The van der Waals surface area contributed by atoms with Gasteiger partial charge in [0.05, 0.1) is 6.54 Å². The van der Waals surface area contributed by atoms with E-state index in [4.69, 9.17) is 9.47 Å². The van der Waals surface area contributed by atoms with Gasteiger partial charge in [-0.05, 0) is 41.5 Å². The number of amides is 2. The molecule has 0 aromatic heterocycles. The maximum absolute atomic E-state index is 12.0. The number of rotatable bonds is 2. The topological polar surface area (TPSA) is 80.2 Å². The van der Waals surface area contributed by atoms with Crippen LogP contribution in [0.1, 0.15) is 41.5 Å². The van der Waals surface area contributed by atoms with Gasteiger partial charge >= 0.3 is 12.2 Å². The van der Waals surface area contributed by atoms with Crippen LogP contribution in [-0.2, 0) is 9.47 Å². The van der Waals surface area contributed by atoms with Gasteiger partial charge in [-0.2, -0.15) is 0 Å². The van der Waals surface area contributed by atoms with Gasteiger partial charge in [0.15, 0.2) is 0 Å². The predicted octanol–water partition coefficient (Wildman–Crippen LogP) is 2.92. The number of ether oxygens (including phenoxy) is 2. The standard InChI is InChI=1S/C15H27N3O4/c1-9-10-16-11(17-12(19)21-14(2,3)4)18(8)13(20)22-15(5,6)7/h9H,1,10H2,2-8H3,(H,16,17,19). The van der Waals surface area contributed by atoms with Gasteiger partial charge in [0, 0.05) is 7.05 Å². The smallest absolute Gasteiger partial charge is 0.416 e. The zero-order valence-corrected chi connectivity index (χ0v) is 14.5. The van der Waals surface area contributed by atoms with Gasteiger partial charge in [0.1, 0.15) is 11.2 Å². The first-order valence-electron chi connectivity index (χ1n) is 6.98. The van der Waals surface area contributed by atoms with Crippen molar-refractivity contribution in [3.05, 3.63) is 12.7 Å². The van der Waals surface area contributed by atoms with Gasteiger partial charge in [0.2, 0.25) is 5.96 Å². The van der Waals surface area contributed by atoms with E-state index in [2.05, 4.69) is 16.9 Å². The van der Waals surface area contributed by atoms with E-state index in [1.165, 1.54) is 7.05 Å². The first kappa shape index (κ1) is 19.9. The number of carbonyl (C=O) groups excluding carboxylic acids is 2. The van der Waals surface area contributed by atoms with Gasteiger partial charge in [-0.1, -0.05) is 6.08 Å². The maximum Gasteiger partial charge on any atom is 0.416 e. The van der Waals surface area contributed by atoms with Gasteiger partial charge in [-0.25, -0.2) is 14.6 Å². The molecule has 0 bridgehead atoms. The number of nitrogens with one attached hydrogen (secondary N) is 1. The van der Waals surface area contributed by atoms with Crippen molar-refractivity contribution in [1.29, 1.82) is 0 Å². The van der Waals surface area contributed by atoms with E-state index in [1.807, 2.05) is 0 Å². The Labute approximate surface area is 132 Å². The lowest BCUT2D eigenvalue weighted by molar-refractivity contribution is 0.0391. The van der Waals surface area contributed by atoms with E-state index in [9.17, 15) is 9.59 Å². The monoisotopic (exact) mass is 313 g/mol. The molecule has 7 nitrogen and oxygen atoms in total. The Kier molecular flexibility index (Phi) is 7.09. The van der Waals surface area contributed by atoms with Crippen LogP contribution in [0.2, 0.25) is 0 Å². The fourth-order valence-electron chi connectivity index (χ4n) is 1.19. The molecule has 0 unspecified atom stereocenters. The summed E-state index contributed by atoms with van der Waals surface area (Å²) in [6.07, 6.45) is 0.205. The van der Waals surface area contributed by atoms with E-state index in [0.717, 1.165) is 4.90 Å². The summed E-state index contributed by atoms with van der Waals surface area (Å²) in [5.74, 6) is 0.0309. The first-order chi connectivity index (χ1) is 9.85. The third-order valence-corrected chi connectivity index (χ3v) is 1.97. The molecule has 0 radical (unpaired) electrons. The molecule has 0 saturated heterocycles. The van der Waals surface area contributed by atoms with Crippen molar-refractivity contribution in [2.75, 3.05) is 13.6 Å². The third kappa shape index (κ3) is 8.99. The van der Waals surface area contributed by atoms with Gasteiger partial charge in [0.25, 0.3) is 0 Å². The minimum absolute atomic E-state index is 0.0309. The van der Waals surface area contributed by atoms with Crippen LogP contribution in [0.15, 0.2) is 17.6 Å². The Morgan fingerprint density at radius 3 is 2.05 bits per heavy atom. The van der Waals surface area contributed by atoms with Crippen molar-refractivity contribution in [2.24, 2.45) is 4.99 Å². The molecule has 0 aromatic carbocycles. The van der Waals surface area contributed by atoms with Crippen LogP contribution in [0.4, 0.5) is 9.59 Å². The highest BCUT2D eigenvalue weighted by Gasteiger charge is 2.25. The number of hydrogen-bond donors (Lipinski definition) is 1. The number of nitrogens with zero attached hydrogens (tertiary/aromatic N) is 2. The van der Waals surface area contributed by atoms with Crippen LogP contribution >= 0.6 is 0 Å². The second kappa shape index (κ2) is 7.82. The maximum atomic E-state index is 12.0. The average Bonchev–Trinajstić information content (AvgIpc) is 2.29. The van der Waals surface area contributed by atoms with E-state index in [1.54, 1.807) is 47.6 Å². The molecule has 22 heavy (non-hydrogen) atoms. The summed E-state index contributed by atoms with van der Waals surface area (Å²) in [5.41, 5.74) is -1.31.